The van der Waals surface area contributed by atoms with E-state index in [9.17, 15) is 46.3 Å². The van der Waals surface area contributed by atoms with Crippen molar-refractivity contribution in [1.82, 2.24) is 24.7 Å². The maximum absolute atomic E-state index is 14.7. The second kappa shape index (κ2) is 26.2. The number of likely N-dealkylation sites (tertiary alicyclic amines) is 2. The minimum Gasteiger partial charge on any atom is -0.492 e. The average Bonchev–Trinajstić information content (AvgIpc) is 4.22. The third-order valence-electron chi connectivity index (χ3n) is 11.7. The Morgan fingerprint density at radius 3 is 1.64 bits per heavy atom. The fourth-order valence-electron chi connectivity index (χ4n) is 8.03. The van der Waals surface area contributed by atoms with Gasteiger partial charge in [-0.2, -0.15) is 0 Å². The van der Waals surface area contributed by atoms with Crippen molar-refractivity contribution in [1.29, 1.82) is 0 Å². The Morgan fingerprint density at radius 1 is 0.662 bits per heavy atom. The number of hydrogen-bond acceptors (Lipinski definition) is 12. The number of nitrogens with one attached hydrogen (secondary N) is 3. The monoisotopic (exact) mass is 1090 g/mol. The van der Waals surface area contributed by atoms with E-state index in [4.69, 9.17) is 47.9 Å². The molecule has 2 saturated heterocycles. The summed E-state index contributed by atoms with van der Waals surface area (Å²) in [7, 11) is 0. The zero-order valence-corrected chi connectivity index (χ0v) is 41.5. The standard InChI is InChI=1S/C23H22ClF2N3O5.C16H13ClF2N2O2.C10H13N3O3.ClH/c24-15-11-13(3-5-16(15)25)27-22(31)14-4-6-17(26)20-18(7-10-33-21(14)20)28-23(32)34-12-19(30)29-8-1-2-9-29;17-10-7-8(1-3-11(10)18)21-16(22)9-2-4-12(19)14-13(20)5-6-23-15(9)14;14-9(12-4-1-2-5-12)7-16-10(15)13-6-3-11-8-13;/h3-6,11,18H,1-2,7-10,12H2,(H,27,31)(H,28,32);1-4,7,13H,5-6,20H2,(H,21,22);3,6,8H,1-2,4-5,7H2;1H/t18-;13-;;/m00../s1. The highest BCUT2D eigenvalue weighted by Crippen LogP contribution is 2.39. The molecule has 9 rings (SSSR count). The normalized spacial score (nSPS) is 16.1. The Hall–Kier alpha value is -7.14. The molecular weight excluding hydrogens is 1040 g/mol. The first-order chi connectivity index (χ1) is 35.1. The zero-order chi connectivity index (χ0) is 52.2. The van der Waals surface area contributed by atoms with Gasteiger partial charge in [0.2, 0.25) is 0 Å². The Labute approximate surface area is 437 Å². The minimum atomic E-state index is -0.874. The molecule has 74 heavy (non-hydrogen) atoms. The van der Waals surface area contributed by atoms with E-state index in [1.54, 1.807) is 9.80 Å². The summed E-state index contributed by atoms with van der Waals surface area (Å²) < 4.78 is 77.3. The van der Waals surface area contributed by atoms with Crippen LogP contribution in [0.2, 0.25) is 10.0 Å². The molecule has 0 saturated carbocycles. The summed E-state index contributed by atoms with van der Waals surface area (Å²) >= 11 is 11.4. The van der Waals surface area contributed by atoms with Gasteiger partial charge in [0.15, 0.2) is 13.2 Å². The highest BCUT2D eigenvalue weighted by atomic mass is 35.5. The van der Waals surface area contributed by atoms with Crippen LogP contribution >= 0.6 is 35.6 Å². The number of carbonyl (C=O) groups excluding carboxylic acids is 6. The quantitative estimate of drug-likeness (QED) is 0.102. The van der Waals surface area contributed by atoms with E-state index in [2.05, 4.69) is 20.9 Å². The van der Waals surface area contributed by atoms with Crippen molar-refractivity contribution in [2.45, 2.75) is 50.6 Å². The molecule has 25 heteroatoms. The van der Waals surface area contributed by atoms with Gasteiger partial charge in [0.05, 0.1) is 46.0 Å². The summed E-state index contributed by atoms with van der Waals surface area (Å²) in [6.07, 6.45) is 7.43. The summed E-state index contributed by atoms with van der Waals surface area (Å²) in [4.78, 5) is 79.5. The van der Waals surface area contributed by atoms with Gasteiger partial charge >= 0.3 is 12.2 Å². The number of carbonyl (C=O) groups is 6. The first-order valence-electron chi connectivity index (χ1n) is 22.9. The number of anilines is 2. The molecule has 5 aromatic rings. The molecule has 0 aliphatic carbocycles. The van der Waals surface area contributed by atoms with E-state index < -0.39 is 66.0 Å². The van der Waals surface area contributed by atoms with Crippen LogP contribution in [0, 0.1) is 23.3 Å². The molecule has 5 N–H and O–H groups in total. The average molecular weight is 1090 g/mol. The van der Waals surface area contributed by atoms with Crippen LogP contribution in [0.15, 0.2) is 79.4 Å². The van der Waals surface area contributed by atoms with Gasteiger partial charge in [-0.1, -0.05) is 23.2 Å². The van der Waals surface area contributed by atoms with Gasteiger partial charge in [0.25, 0.3) is 23.6 Å². The van der Waals surface area contributed by atoms with Crippen molar-refractivity contribution in [3.05, 3.63) is 135 Å². The fourth-order valence-corrected chi connectivity index (χ4v) is 8.39. The number of halogens is 7. The van der Waals surface area contributed by atoms with E-state index in [1.807, 2.05) is 0 Å². The number of amides is 5. The van der Waals surface area contributed by atoms with E-state index in [0.29, 0.717) is 31.8 Å². The van der Waals surface area contributed by atoms with E-state index in [0.717, 1.165) is 57.0 Å². The number of nitrogens with zero attached hydrogens (tertiary/aromatic N) is 4. The topological polar surface area (TPSA) is 226 Å². The Balaban J connectivity index is 0.000000193. The second-order valence-electron chi connectivity index (χ2n) is 16.7. The molecule has 0 radical (unpaired) electrons. The fraction of sp³-hybridized carbons (Fsp3) is 0.327. The molecule has 4 aliphatic heterocycles. The zero-order valence-electron chi connectivity index (χ0n) is 39.2. The molecular formula is C49H49Cl3F4N8O10. The molecule has 0 bridgehead atoms. The highest BCUT2D eigenvalue weighted by Gasteiger charge is 2.32. The molecule has 1 aromatic heterocycles. The molecule has 394 valence electrons. The summed E-state index contributed by atoms with van der Waals surface area (Å²) in [5, 5.41) is 7.42. The highest BCUT2D eigenvalue weighted by molar-refractivity contribution is 6.31. The Bertz CT molecular complexity index is 2860. The van der Waals surface area contributed by atoms with Crippen molar-refractivity contribution in [3.8, 4) is 11.5 Å². The first kappa shape index (κ1) is 56.2. The minimum absolute atomic E-state index is 0. The van der Waals surface area contributed by atoms with Gasteiger partial charge in [-0.25, -0.2) is 36.7 Å². The van der Waals surface area contributed by atoms with Gasteiger partial charge in [0.1, 0.15) is 41.1 Å². The number of fused-ring (bicyclic) bond motifs is 2. The Morgan fingerprint density at radius 2 is 1.14 bits per heavy atom. The largest absolute Gasteiger partial charge is 0.492 e. The van der Waals surface area contributed by atoms with E-state index >= 15 is 0 Å². The number of nitrogens with two attached hydrogens (primary N) is 1. The molecule has 4 aromatic carbocycles. The number of imidazole rings is 1. The predicted molar refractivity (Wildman–Crippen MR) is 264 cm³/mol. The number of alkyl carbamates (subject to hydrolysis) is 1. The molecule has 18 nitrogen and oxygen atoms in total. The number of rotatable bonds is 9. The van der Waals surface area contributed by atoms with Crippen LogP contribution in [0.3, 0.4) is 0 Å². The van der Waals surface area contributed by atoms with Crippen LogP contribution in [0.4, 0.5) is 38.5 Å². The molecule has 0 spiro atoms. The van der Waals surface area contributed by atoms with Gasteiger partial charge < -0.3 is 50.4 Å². The van der Waals surface area contributed by atoms with Crippen molar-refractivity contribution in [3.63, 3.8) is 0 Å². The van der Waals surface area contributed by atoms with Crippen LogP contribution in [0.5, 0.6) is 11.5 Å². The van der Waals surface area contributed by atoms with Crippen LogP contribution in [0.1, 0.15) is 82.5 Å². The number of aromatic nitrogens is 2. The molecule has 5 heterocycles. The molecule has 5 amide bonds. The van der Waals surface area contributed by atoms with Gasteiger partial charge in [-0.05, 0) is 86.3 Å². The molecule has 4 aliphatic rings. The lowest BCUT2D eigenvalue weighted by atomic mass is 9.96. The molecule has 2 fully saturated rings. The van der Waals surface area contributed by atoms with Crippen molar-refractivity contribution >= 4 is 82.8 Å². The molecule has 0 unspecified atom stereocenters. The van der Waals surface area contributed by atoms with Gasteiger partial charge in [-0.15, -0.1) is 12.4 Å². The number of ether oxygens (including phenoxy) is 4. The van der Waals surface area contributed by atoms with Crippen LogP contribution in [-0.2, 0) is 19.1 Å². The van der Waals surface area contributed by atoms with Gasteiger partial charge in [-0.3, -0.25) is 19.2 Å². The SMILES string of the molecule is Cl.N[C@H]1CCOc2c(C(=O)Nc3ccc(F)c(Cl)c3)ccc(F)c21.O=C(COC(=O)n1ccnc1)N1CCCC1.O=C(N[C@H]1CCOc2c(C(=O)Nc3ccc(F)c(Cl)c3)ccc(F)c21)OCC(=O)N1CCCC1. The van der Waals surface area contributed by atoms with Crippen LogP contribution in [-0.4, -0.2) is 108 Å². The number of benzene rings is 4. The summed E-state index contributed by atoms with van der Waals surface area (Å²) in [5.74, 6) is -3.83. The summed E-state index contributed by atoms with van der Waals surface area (Å²) in [6.45, 7) is 2.61. The Kier molecular flexibility index (Phi) is 19.9. The van der Waals surface area contributed by atoms with Crippen molar-refractivity contribution in [2.24, 2.45) is 5.73 Å². The number of hydrogen-bond donors (Lipinski definition) is 4. The lowest BCUT2D eigenvalue weighted by molar-refractivity contribution is -0.133. The van der Waals surface area contributed by atoms with E-state index in [-0.39, 0.29) is 93.3 Å². The smallest absolute Gasteiger partial charge is 0.419 e. The third kappa shape index (κ3) is 14.3. The van der Waals surface area contributed by atoms with Crippen molar-refractivity contribution < 1.29 is 65.3 Å². The first-order valence-corrected chi connectivity index (χ1v) is 23.7. The van der Waals surface area contributed by atoms with E-state index in [1.165, 1.54) is 65.8 Å². The van der Waals surface area contributed by atoms with Gasteiger partial charge in [0, 0.05) is 74.4 Å². The predicted octanol–water partition coefficient (Wildman–Crippen LogP) is 8.61. The summed E-state index contributed by atoms with van der Waals surface area (Å²) in [5.41, 5.74) is 6.84. The maximum atomic E-state index is 14.7. The lowest BCUT2D eigenvalue weighted by Gasteiger charge is -2.28. The van der Waals surface area contributed by atoms with Crippen LogP contribution < -0.4 is 31.2 Å². The van der Waals surface area contributed by atoms with Crippen LogP contribution in [0.25, 0.3) is 0 Å². The summed E-state index contributed by atoms with van der Waals surface area (Å²) in [6, 6.07) is 11.0. The van der Waals surface area contributed by atoms with Crippen molar-refractivity contribution in [2.75, 3.05) is 63.2 Å². The third-order valence-corrected chi connectivity index (χ3v) is 12.3. The maximum Gasteiger partial charge on any atom is 0.419 e. The lowest BCUT2D eigenvalue weighted by Crippen LogP contribution is -2.37. The second-order valence-corrected chi connectivity index (χ2v) is 17.5. The molecule has 2 atom stereocenters.